The van der Waals surface area contributed by atoms with E-state index in [0.29, 0.717) is 0 Å². The normalized spacial score (nSPS) is 12.8. The molecule has 0 fully saturated rings. The lowest BCUT2D eigenvalue weighted by atomic mass is 9.33. The molecule has 0 saturated heterocycles. The molecule has 3 heterocycles. The molecule has 0 saturated carbocycles. The standard InChI is InChI=1S/C116H90BN3/c1-114(2,3)89-66-95(85-47-25-43-80(61-85)73-31-15-10-16-32-73)112(96(67-89)86-48-26-44-81(62-86)74-33-17-11-18-34-74)119-101-58-55-84(77-39-23-14-24-40-77)65-100(101)117-99-57-56-92(118-102-59-53-78-41-29-51-93-94-52-30-42-79-54-60-103(118)110(108(79)94)109(102)107(78)93)72-104(99)120(106-71-91(116(7,8)9)70-105(119)111(106)117)113-97(87-49-27-45-82(63-87)75-35-19-12-20-36-75)68-90(115(4,5)6)69-98(113)88-50-28-46-83(64-88)76-37-21-13-22-38-76/h10-72H,1-9H3. The van der Waals surface area contributed by atoms with Gasteiger partial charge in [-0.3, -0.25) is 0 Å². The average Bonchev–Trinajstić information content (AvgIpc) is 1.12. The summed E-state index contributed by atoms with van der Waals surface area (Å²) in [6.07, 6.45) is 0. The van der Waals surface area contributed by atoms with Crippen LogP contribution >= 0.6 is 0 Å². The third-order valence-corrected chi connectivity index (χ3v) is 25.9. The van der Waals surface area contributed by atoms with Crippen molar-refractivity contribution in [1.29, 1.82) is 0 Å². The summed E-state index contributed by atoms with van der Waals surface area (Å²) in [7, 11) is 0. The summed E-state index contributed by atoms with van der Waals surface area (Å²) in [4.78, 5) is 5.54. The number of benzene rings is 19. The van der Waals surface area contributed by atoms with Crippen LogP contribution in [0, 0.1) is 0 Å². The molecule has 0 bridgehead atoms. The largest absolute Gasteiger partial charge is 0.310 e. The summed E-state index contributed by atoms with van der Waals surface area (Å²) >= 11 is 0. The number of aromatic nitrogens is 1. The second-order valence-electron chi connectivity index (χ2n) is 36.4. The first-order valence-electron chi connectivity index (χ1n) is 42.5. The van der Waals surface area contributed by atoms with Crippen molar-refractivity contribution in [3.8, 4) is 106 Å². The monoisotopic (exact) mass is 1540 g/mol. The molecule has 4 heteroatoms. The number of anilines is 6. The van der Waals surface area contributed by atoms with Gasteiger partial charge in [-0.25, -0.2) is 0 Å². The molecule has 120 heavy (non-hydrogen) atoms. The van der Waals surface area contributed by atoms with Crippen molar-refractivity contribution < 1.29 is 0 Å². The smallest absolute Gasteiger partial charge is 0.252 e. The Kier molecular flexibility index (Phi) is 16.8. The number of hydrogen-bond donors (Lipinski definition) is 0. The Morgan fingerprint density at radius 1 is 0.217 bits per heavy atom. The molecule has 572 valence electrons. The lowest BCUT2D eigenvalue weighted by Crippen LogP contribution is -2.61. The van der Waals surface area contributed by atoms with Gasteiger partial charge in [-0.2, -0.15) is 0 Å². The van der Waals surface area contributed by atoms with Crippen LogP contribution in [0.15, 0.2) is 382 Å². The predicted octanol–water partition coefficient (Wildman–Crippen LogP) is 30.1. The molecule has 0 N–H and O–H groups in total. The van der Waals surface area contributed by atoms with E-state index in [1.807, 2.05) is 0 Å². The highest BCUT2D eigenvalue weighted by atomic mass is 15.2. The van der Waals surface area contributed by atoms with Gasteiger partial charge in [-0.15, -0.1) is 0 Å². The predicted molar refractivity (Wildman–Crippen MR) is 515 cm³/mol. The van der Waals surface area contributed by atoms with Gasteiger partial charge in [0.1, 0.15) is 0 Å². The van der Waals surface area contributed by atoms with Gasteiger partial charge in [0.2, 0.25) is 0 Å². The van der Waals surface area contributed by atoms with Crippen molar-refractivity contribution in [2.45, 2.75) is 78.6 Å². The Morgan fingerprint density at radius 2 is 0.542 bits per heavy atom. The number of rotatable bonds is 12. The summed E-state index contributed by atoms with van der Waals surface area (Å²) < 4.78 is 2.61. The Morgan fingerprint density at radius 3 is 0.908 bits per heavy atom. The van der Waals surface area contributed by atoms with Crippen LogP contribution in [0.1, 0.15) is 79.0 Å². The Balaban J connectivity index is 0.921. The molecular formula is C116H90BN3. The van der Waals surface area contributed by atoms with Gasteiger partial charge < -0.3 is 14.4 Å². The maximum atomic E-state index is 2.79. The fourth-order valence-corrected chi connectivity index (χ4v) is 19.8. The van der Waals surface area contributed by atoms with Crippen LogP contribution in [0.3, 0.4) is 0 Å². The number of fused-ring (bicyclic) bond motifs is 5. The van der Waals surface area contributed by atoms with Gasteiger partial charge in [-0.1, -0.05) is 353 Å². The van der Waals surface area contributed by atoms with Crippen molar-refractivity contribution in [3.05, 3.63) is 399 Å². The highest BCUT2D eigenvalue weighted by molar-refractivity contribution is 7.00. The second kappa shape index (κ2) is 27.8. The van der Waals surface area contributed by atoms with Gasteiger partial charge in [-0.05, 0) is 251 Å². The SMILES string of the molecule is CC(C)(C)c1cc(-c2cccc(-c3ccccc3)c2)c(N2c3ccc(-c4ccccc4)cc3B3c4ccc(-n5c6ccc7cccc8c9cccc%10ccc5c(c%109)c6c78)cc4N(c4c(-c5cccc(-c6ccccc6)c5)cc(C(C)(C)C)cc4-c4cccc(-c5ccccc5)c4)c4cc(C(C)(C)C)cc2c43)c(-c2cccc(-c3ccccc3)c2)c1. The Hall–Kier alpha value is -14.1. The third-order valence-electron chi connectivity index (χ3n) is 25.9. The minimum Gasteiger partial charge on any atom is -0.310 e. The maximum Gasteiger partial charge on any atom is 0.252 e. The molecular weight excluding hydrogens is 1450 g/mol. The van der Waals surface area contributed by atoms with E-state index in [4.69, 9.17) is 0 Å². The third kappa shape index (κ3) is 11.9. The van der Waals surface area contributed by atoms with Crippen LogP contribution in [0.5, 0.6) is 0 Å². The van der Waals surface area contributed by atoms with Gasteiger partial charge in [0.15, 0.2) is 0 Å². The molecule has 20 aromatic rings. The summed E-state index contributed by atoms with van der Waals surface area (Å²) in [5.41, 5.74) is 37.5. The van der Waals surface area contributed by atoms with E-state index < -0.39 is 0 Å². The quantitative estimate of drug-likeness (QED) is 0.0686. The van der Waals surface area contributed by atoms with Crippen molar-refractivity contribution >= 4 is 111 Å². The van der Waals surface area contributed by atoms with Gasteiger partial charge in [0.05, 0.1) is 22.4 Å². The minimum atomic E-state index is -0.387. The van der Waals surface area contributed by atoms with Crippen LogP contribution in [0.4, 0.5) is 34.1 Å². The number of nitrogens with zero attached hydrogens (tertiary/aromatic N) is 3. The molecule has 0 aliphatic carbocycles. The molecule has 3 nitrogen and oxygen atoms in total. The zero-order valence-corrected chi connectivity index (χ0v) is 69.3. The summed E-state index contributed by atoms with van der Waals surface area (Å²) in [5, 5.41) is 10.3. The van der Waals surface area contributed by atoms with Crippen LogP contribution in [-0.4, -0.2) is 11.3 Å². The van der Waals surface area contributed by atoms with Crippen LogP contribution in [0.2, 0.25) is 0 Å². The summed E-state index contributed by atoms with van der Waals surface area (Å²) in [6.45, 7) is 21.2. The molecule has 0 unspecified atom stereocenters. The van der Waals surface area contributed by atoms with E-state index >= 15 is 0 Å². The van der Waals surface area contributed by atoms with Crippen LogP contribution < -0.4 is 26.2 Å². The summed E-state index contributed by atoms with van der Waals surface area (Å²) in [5.74, 6) is 0. The first-order valence-corrected chi connectivity index (χ1v) is 42.5. The van der Waals surface area contributed by atoms with Crippen molar-refractivity contribution in [1.82, 2.24) is 4.57 Å². The van der Waals surface area contributed by atoms with Gasteiger partial charge >= 0.3 is 0 Å². The lowest BCUT2D eigenvalue weighted by Gasteiger charge is -2.47. The first kappa shape index (κ1) is 72.4. The molecule has 19 aromatic carbocycles. The van der Waals surface area contributed by atoms with E-state index in [-0.39, 0.29) is 23.0 Å². The molecule has 2 aliphatic rings. The van der Waals surface area contributed by atoms with Crippen molar-refractivity contribution in [2.75, 3.05) is 9.80 Å². The van der Waals surface area contributed by atoms with Crippen molar-refractivity contribution in [2.24, 2.45) is 0 Å². The Bertz CT molecular complexity index is 7130. The van der Waals surface area contributed by atoms with E-state index in [0.717, 1.165) is 112 Å². The van der Waals surface area contributed by atoms with Crippen LogP contribution in [0.25, 0.3) is 160 Å². The molecule has 2 aliphatic heterocycles. The van der Waals surface area contributed by atoms with E-state index in [2.05, 4.69) is 459 Å². The number of hydrogen-bond acceptors (Lipinski definition) is 2. The zero-order chi connectivity index (χ0) is 81.0. The van der Waals surface area contributed by atoms with E-state index in [9.17, 15) is 0 Å². The highest BCUT2D eigenvalue weighted by Gasteiger charge is 2.47. The second-order valence-corrected chi connectivity index (χ2v) is 36.4. The van der Waals surface area contributed by atoms with Gasteiger partial charge in [0.25, 0.3) is 6.71 Å². The lowest BCUT2D eigenvalue weighted by molar-refractivity contribution is 0.590. The maximum absolute atomic E-state index is 2.79. The van der Waals surface area contributed by atoms with E-state index in [1.165, 1.54) is 115 Å². The highest BCUT2D eigenvalue weighted by Crippen LogP contribution is 2.57. The van der Waals surface area contributed by atoms with Crippen molar-refractivity contribution in [3.63, 3.8) is 0 Å². The van der Waals surface area contributed by atoms with Gasteiger partial charge in [0, 0.05) is 61.5 Å². The molecule has 0 atom stereocenters. The fraction of sp³-hybridized carbons (Fsp3) is 0.103. The zero-order valence-electron chi connectivity index (χ0n) is 69.3. The topological polar surface area (TPSA) is 11.4 Å². The molecule has 0 spiro atoms. The first-order chi connectivity index (χ1) is 58.4. The van der Waals surface area contributed by atoms with E-state index in [1.54, 1.807) is 0 Å². The molecule has 0 radical (unpaired) electrons. The Labute approximate surface area is 704 Å². The minimum absolute atomic E-state index is 0.262. The average molecular weight is 1540 g/mol. The molecule has 1 aromatic heterocycles. The molecule has 0 amide bonds. The van der Waals surface area contributed by atoms with Crippen LogP contribution in [-0.2, 0) is 16.2 Å². The molecule has 22 rings (SSSR count). The summed E-state index contributed by atoms with van der Waals surface area (Å²) in [6, 6.07) is 146. The fourth-order valence-electron chi connectivity index (χ4n) is 19.8.